The van der Waals surface area contributed by atoms with E-state index in [1.807, 2.05) is 48.5 Å². The first-order valence-electron chi connectivity index (χ1n) is 10.4. The van der Waals surface area contributed by atoms with Gasteiger partial charge in [-0.3, -0.25) is 9.78 Å². The molecule has 5 heteroatoms. The van der Waals surface area contributed by atoms with Crippen LogP contribution < -0.4 is 0 Å². The first-order valence-corrected chi connectivity index (χ1v) is 11.2. The van der Waals surface area contributed by atoms with Crippen LogP contribution in [0.3, 0.4) is 0 Å². The Kier molecular flexibility index (Phi) is 5.37. The van der Waals surface area contributed by atoms with Crippen molar-refractivity contribution in [3.8, 4) is 39.3 Å². The fourth-order valence-corrected chi connectivity index (χ4v) is 4.91. The van der Waals surface area contributed by atoms with E-state index in [4.69, 9.17) is 0 Å². The summed E-state index contributed by atoms with van der Waals surface area (Å²) in [6.07, 6.45) is 3.04. The summed E-state index contributed by atoms with van der Waals surface area (Å²) in [6, 6.07) is 21.0. The van der Waals surface area contributed by atoms with Gasteiger partial charge in [0, 0.05) is 33.3 Å². The zero-order valence-electron chi connectivity index (χ0n) is 17.1. The minimum absolute atomic E-state index is 0.0461. The van der Waals surface area contributed by atoms with Crippen molar-refractivity contribution in [3.63, 3.8) is 0 Å². The van der Waals surface area contributed by atoms with Crippen LogP contribution in [-0.4, -0.2) is 28.1 Å². The number of carbonyl (C=O) groups excluding carboxylic acids is 1. The van der Waals surface area contributed by atoms with E-state index in [-0.39, 0.29) is 18.3 Å². The van der Waals surface area contributed by atoms with Crippen molar-refractivity contribution in [2.45, 2.75) is 12.3 Å². The fourth-order valence-electron chi connectivity index (χ4n) is 4.65. The van der Waals surface area contributed by atoms with Crippen LogP contribution in [0.2, 0.25) is 0 Å². The Hall–Kier alpha value is -3.28. The highest BCUT2D eigenvalue weighted by atomic mass is 79.9. The SMILES string of the molecule is O=Cc1ccnc(-c2cccc3c2CC(CO)c2c(-c4ccc(Br)cc4)ccc(O)c2-3)c1. The predicted molar refractivity (Wildman–Crippen MR) is 129 cm³/mol. The number of aliphatic hydroxyl groups excluding tert-OH is 1. The van der Waals surface area contributed by atoms with E-state index in [9.17, 15) is 15.0 Å². The summed E-state index contributed by atoms with van der Waals surface area (Å²) in [7, 11) is 0. The Morgan fingerprint density at radius 3 is 2.53 bits per heavy atom. The summed E-state index contributed by atoms with van der Waals surface area (Å²) in [5.41, 5.74) is 7.84. The van der Waals surface area contributed by atoms with Gasteiger partial charge in [0.1, 0.15) is 12.0 Å². The number of fused-ring (bicyclic) bond motifs is 3. The minimum atomic E-state index is -0.182. The zero-order chi connectivity index (χ0) is 22.2. The van der Waals surface area contributed by atoms with Crippen LogP contribution in [0, 0.1) is 0 Å². The summed E-state index contributed by atoms with van der Waals surface area (Å²) in [5.74, 6) is 0.00524. The highest BCUT2D eigenvalue weighted by Crippen LogP contribution is 2.50. The molecule has 0 bridgehead atoms. The Balaban J connectivity index is 1.77. The number of halogens is 1. The average Bonchev–Trinajstić information content (AvgIpc) is 2.84. The van der Waals surface area contributed by atoms with Crippen molar-refractivity contribution < 1.29 is 15.0 Å². The number of aromatic nitrogens is 1. The number of phenols is 1. The maximum atomic E-state index is 11.3. The second-order valence-corrected chi connectivity index (χ2v) is 8.85. The Bertz CT molecular complexity index is 1330. The molecule has 4 aromatic rings. The molecule has 1 aliphatic rings. The highest BCUT2D eigenvalue weighted by Gasteiger charge is 2.31. The summed E-state index contributed by atoms with van der Waals surface area (Å²) in [5, 5.41) is 21.3. The van der Waals surface area contributed by atoms with E-state index in [2.05, 4.69) is 20.9 Å². The molecule has 2 N–H and O–H groups in total. The second-order valence-electron chi connectivity index (χ2n) is 7.94. The van der Waals surface area contributed by atoms with Crippen LogP contribution >= 0.6 is 15.9 Å². The molecule has 0 aliphatic heterocycles. The van der Waals surface area contributed by atoms with Crippen molar-refractivity contribution in [2.24, 2.45) is 0 Å². The molecule has 1 unspecified atom stereocenters. The van der Waals surface area contributed by atoms with Gasteiger partial charge in [-0.05, 0) is 64.6 Å². The Morgan fingerprint density at radius 1 is 1.00 bits per heavy atom. The number of hydrogen-bond donors (Lipinski definition) is 2. The molecular formula is C27H20BrNO3. The quantitative estimate of drug-likeness (QED) is 0.348. The van der Waals surface area contributed by atoms with Crippen molar-refractivity contribution >= 4 is 22.2 Å². The van der Waals surface area contributed by atoms with Crippen molar-refractivity contribution in [1.82, 2.24) is 4.98 Å². The molecule has 1 heterocycles. The molecule has 0 fully saturated rings. The van der Waals surface area contributed by atoms with Gasteiger partial charge >= 0.3 is 0 Å². The number of carbonyl (C=O) groups is 1. The number of aldehydes is 1. The van der Waals surface area contributed by atoms with Gasteiger partial charge in [0.2, 0.25) is 0 Å². The average molecular weight is 486 g/mol. The van der Waals surface area contributed by atoms with Gasteiger partial charge in [-0.2, -0.15) is 0 Å². The number of rotatable bonds is 4. The standard InChI is InChI=1S/C27H20BrNO3/c28-19-6-4-17(5-7-19)20-8-9-25(32)27-22-3-1-2-21(23(22)13-18(15-31)26(20)27)24-12-16(14-30)10-11-29-24/h1-12,14,18,31-32H,13,15H2. The Labute approximate surface area is 194 Å². The largest absolute Gasteiger partial charge is 0.507 e. The summed E-state index contributed by atoms with van der Waals surface area (Å²) < 4.78 is 0.993. The topological polar surface area (TPSA) is 70.4 Å². The first kappa shape index (κ1) is 20.6. The number of hydrogen-bond acceptors (Lipinski definition) is 4. The van der Waals surface area contributed by atoms with Crippen LogP contribution in [0.4, 0.5) is 0 Å². The van der Waals surface area contributed by atoms with Crippen LogP contribution in [0.1, 0.15) is 27.4 Å². The number of nitrogens with zero attached hydrogens (tertiary/aromatic N) is 1. The van der Waals surface area contributed by atoms with Gasteiger partial charge in [0.25, 0.3) is 0 Å². The molecule has 0 saturated carbocycles. The van der Waals surface area contributed by atoms with E-state index in [1.165, 1.54) is 0 Å². The van der Waals surface area contributed by atoms with Crippen molar-refractivity contribution in [2.75, 3.05) is 6.61 Å². The predicted octanol–water partition coefficient (Wildman–Crippen LogP) is 6.00. The third-order valence-electron chi connectivity index (χ3n) is 6.10. The fraction of sp³-hybridized carbons (Fsp3) is 0.111. The molecule has 1 aromatic heterocycles. The maximum Gasteiger partial charge on any atom is 0.150 e. The van der Waals surface area contributed by atoms with Crippen molar-refractivity contribution in [1.29, 1.82) is 0 Å². The van der Waals surface area contributed by atoms with Crippen LogP contribution in [-0.2, 0) is 6.42 Å². The lowest BCUT2D eigenvalue weighted by Crippen LogP contribution is -2.17. The molecule has 0 radical (unpaired) electrons. The Morgan fingerprint density at radius 2 is 1.78 bits per heavy atom. The van der Waals surface area contributed by atoms with Crippen LogP contribution in [0.5, 0.6) is 5.75 Å². The van der Waals surface area contributed by atoms with Gasteiger partial charge in [-0.25, -0.2) is 0 Å². The molecule has 1 atom stereocenters. The zero-order valence-corrected chi connectivity index (χ0v) is 18.7. The molecule has 0 spiro atoms. The van der Waals surface area contributed by atoms with Crippen molar-refractivity contribution in [3.05, 3.63) is 94.1 Å². The normalized spacial score (nSPS) is 14.5. The monoisotopic (exact) mass is 485 g/mol. The van der Waals surface area contributed by atoms with Crippen LogP contribution in [0.25, 0.3) is 33.5 Å². The lowest BCUT2D eigenvalue weighted by molar-refractivity contribution is 0.112. The lowest BCUT2D eigenvalue weighted by atomic mass is 9.74. The number of benzene rings is 3. The molecule has 32 heavy (non-hydrogen) atoms. The lowest BCUT2D eigenvalue weighted by Gasteiger charge is -2.31. The molecular weight excluding hydrogens is 466 g/mol. The molecule has 1 aliphatic carbocycles. The minimum Gasteiger partial charge on any atom is -0.507 e. The van der Waals surface area contributed by atoms with Crippen LogP contribution in [0.15, 0.2) is 77.4 Å². The first-order chi connectivity index (χ1) is 15.6. The molecule has 4 nitrogen and oxygen atoms in total. The number of aromatic hydroxyl groups is 1. The summed E-state index contributed by atoms with van der Waals surface area (Å²) >= 11 is 3.48. The van der Waals surface area contributed by atoms with E-state index in [1.54, 1.807) is 24.4 Å². The molecule has 158 valence electrons. The second kappa shape index (κ2) is 8.34. The highest BCUT2D eigenvalue weighted by molar-refractivity contribution is 9.10. The van der Waals surface area contributed by atoms with Gasteiger partial charge in [0.15, 0.2) is 0 Å². The number of aliphatic hydroxyl groups is 1. The van der Waals surface area contributed by atoms with Gasteiger partial charge in [-0.1, -0.05) is 52.3 Å². The third-order valence-corrected chi connectivity index (χ3v) is 6.63. The molecule has 3 aromatic carbocycles. The number of phenolic OH excluding ortho intramolecular Hbond substituents is 1. The molecule has 0 amide bonds. The van der Waals surface area contributed by atoms with Gasteiger partial charge in [-0.15, -0.1) is 0 Å². The maximum absolute atomic E-state index is 11.3. The van der Waals surface area contributed by atoms with E-state index >= 15 is 0 Å². The van der Waals surface area contributed by atoms with E-state index < -0.39 is 0 Å². The van der Waals surface area contributed by atoms with Gasteiger partial charge in [0.05, 0.1) is 12.3 Å². The summed E-state index contributed by atoms with van der Waals surface area (Å²) in [4.78, 5) is 15.8. The van der Waals surface area contributed by atoms with E-state index in [0.29, 0.717) is 17.7 Å². The third kappa shape index (κ3) is 3.44. The smallest absolute Gasteiger partial charge is 0.150 e. The number of pyridine rings is 1. The summed E-state index contributed by atoms with van der Waals surface area (Å²) in [6.45, 7) is -0.0461. The molecule has 0 saturated heterocycles. The van der Waals surface area contributed by atoms with E-state index in [0.717, 1.165) is 49.7 Å². The molecule has 5 rings (SSSR count). The van der Waals surface area contributed by atoms with Gasteiger partial charge < -0.3 is 10.2 Å².